The van der Waals surface area contributed by atoms with Gasteiger partial charge in [-0.3, -0.25) is 19.5 Å². The minimum absolute atomic E-state index is 0.151. The number of nitrogens with zero attached hydrogens (tertiary/aromatic N) is 3. The maximum Gasteiger partial charge on any atom is 0.273 e. The van der Waals surface area contributed by atoms with Crippen LogP contribution in [0, 0.1) is 0 Å². The Balaban J connectivity index is 1.75. The summed E-state index contributed by atoms with van der Waals surface area (Å²) >= 11 is 0. The van der Waals surface area contributed by atoms with Crippen LogP contribution in [-0.2, 0) is 11.3 Å². The van der Waals surface area contributed by atoms with Gasteiger partial charge in [-0.15, -0.1) is 0 Å². The van der Waals surface area contributed by atoms with E-state index in [0.29, 0.717) is 18.8 Å². The van der Waals surface area contributed by atoms with Crippen molar-refractivity contribution < 1.29 is 9.59 Å². The molecule has 25 heavy (non-hydrogen) atoms. The molecule has 2 amide bonds. The highest BCUT2D eigenvalue weighted by Crippen LogP contribution is 2.16. The summed E-state index contributed by atoms with van der Waals surface area (Å²) in [6, 6.07) is 14.8. The zero-order valence-electron chi connectivity index (χ0n) is 14.3. The van der Waals surface area contributed by atoms with Crippen LogP contribution in [0.2, 0.25) is 0 Å². The Kier molecular flexibility index (Phi) is 5.40. The van der Waals surface area contributed by atoms with Gasteiger partial charge < -0.3 is 10.2 Å². The Hall–Kier alpha value is -2.73. The van der Waals surface area contributed by atoms with Crippen LogP contribution in [0.3, 0.4) is 0 Å². The number of benzene rings is 1. The van der Waals surface area contributed by atoms with E-state index >= 15 is 0 Å². The van der Waals surface area contributed by atoms with Gasteiger partial charge in [0.1, 0.15) is 11.7 Å². The number of nitrogens with one attached hydrogen (secondary N) is 1. The highest BCUT2D eigenvalue weighted by Gasteiger charge is 2.35. The minimum atomic E-state index is -0.517. The molecule has 6 heteroatoms. The summed E-state index contributed by atoms with van der Waals surface area (Å²) in [5, 5.41) is 2.68. The van der Waals surface area contributed by atoms with Crippen LogP contribution in [-0.4, -0.2) is 59.3 Å². The van der Waals surface area contributed by atoms with Crippen LogP contribution in [0.4, 0.5) is 0 Å². The Morgan fingerprint density at radius 2 is 1.88 bits per heavy atom. The van der Waals surface area contributed by atoms with Crippen LogP contribution in [0.1, 0.15) is 16.1 Å². The molecule has 1 aromatic carbocycles. The molecule has 0 saturated carbocycles. The van der Waals surface area contributed by atoms with Gasteiger partial charge in [-0.1, -0.05) is 36.4 Å². The fourth-order valence-corrected chi connectivity index (χ4v) is 3.10. The van der Waals surface area contributed by atoms with E-state index < -0.39 is 6.04 Å². The van der Waals surface area contributed by atoms with E-state index in [1.165, 1.54) is 5.56 Å². The number of hydrogen-bond donors (Lipinski definition) is 1. The van der Waals surface area contributed by atoms with E-state index in [0.717, 1.165) is 13.1 Å². The first-order chi connectivity index (χ1) is 12.2. The van der Waals surface area contributed by atoms with Crippen molar-refractivity contribution in [1.29, 1.82) is 0 Å². The van der Waals surface area contributed by atoms with E-state index in [1.54, 1.807) is 36.3 Å². The lowest BCUT2D eigenvalue weighted by atomic mass is 10.1. The summed E-state index contributed by atoms with van der Waals surface area (Å²) < 4.78 is 0. The molecular formula is C19H22N4O2. The zero-order chi connectivity index (χ0) is 17.6. The third-order valence-corrected chi connectivity index (χ3v) is 4.41. The zero-order valence-corrected chi connectivity index (χ0v) is 14.3. The smallest absolute Gasteiger partial charge is 0.273 e. The summed E-state index contributed by atoms with van der Waals surface area (Å²) in [6.45, 7) is 2.49. The van der Waals surface area contributed by atoms with Crippen LogP contribution < -0.4 is 5.32 Å². The number of rotatable bonds is 4. The van der Waals surface area contributed by atoms with Crippen molar-refractivity contribution >= 4 is 11.8 Å². The second-order valence-corrected chi connectivity index (χ2v) is 6.06. The summed E-state index contributed by atoms with van der Waals surface area (Å²) in [5.74, 6) is -0.351. The fourth-order valence-electron chi connectivity index (χ4n) is 3.10. The average Bonchev–Trinajstić information content (AvgIpc) is 2.68. The predicted octanol–water partition coefficient (Wildman–Crippen LogP) is 1.15. The average molecular weight is 338 g/mol. The standard InChI is InChI=1S/C19H22N4O2/c1-20-18(24)17-14-22(13-15-7-3-2-4-8-15)11-12-23(17)19(25)16-9-5-6-10-21-16/h2-10,17H,11-14H2,1H3,(H,20,24). The summed E-state index contributed by atoms with van der Waals surface area (Å²) in [5.41, 5.74) is 1.57. The fraction of sp³-hybridized carbons (Fsp3) is 0.316. The lowest BCUT2D eigenvalue weighted by Crippen LogP contribution is -2.60. The van der Waals surface area contributed by atoms with Gasteiger partial charge in [0.25, 0.3) is 5.91 Å². The van der Waals surface area contributed by atoms with Crippen molar-refractivity contribution in [2.45, 2.75) is 12.6 Å². The highest BCUT2D eigenvalue weighted by molar-refractivity contribution is 5.96. The monoisotopic (exact) mass is 338 g/mol. The van der Waals surface area contributed by atoms with E-state index in [9.17, 15) is 9.59 Å². The molecule has 1 aromatic heterocycles. The van der Waals surface area contributed by atoms with Gasteiger partial charge in [-0.25, -0.2) is 0 Å². The Labute approximate surface area is 147 Å². The van der Waals surface area contributed by atoms with Gasteiger partial charge in [0.15, 0.2) is 0 Å². The largest absolute Gasteiger partial charge is 0.357 e. The highest BCUT2D eigenvalue weighted by atomic mass is 16.2. The third kappa shape index (κ3) is 4.03. The first-order valence-corrected chi connectivity index (χ1v) is 8.39. The number of amides is 2. The molecule has 0 bridgehead atoms. The van der Waals surface area contributed by atoms with Crippen molar-refractivity contribution in [1.82, 2.24) is 20.1 Å². The van der Waals surface area contributed by atoms with Crippen LogP contribution >= 0.6 is 0 Å². The van der Waals surface area contributed by atoms with E-state index in [-0.39, 0.29) is 11.8 Å². The third-order valence-electron chi connectivity index (χ3n) is 4.41. The number of aromatic nitrogens is 1. The van der Waals surface area contributed by atoms with Gasteiger partial charge in [-0.2, -0.15) is 0 Å². The normalized spacial score (nSPS) is 18.0. The summed E-state index contributed by atoms with van der Waals surface area (Å²) in [4.78, 5) is 33.1. The molecule has 2 aromatic rings. The van der Waals surface area contributed by atoms with E-state index in [4.69, 9.17) is 0 Å². The molecule has 3 rings (SSSR count). The first kappa shape index (κ1) is 17.1. The van der Waals surface area contributed by atoms with Crippen LogP contribution in [0.5, 0.6) is 0 Å². The maximum absolute atomic E-state index is 12.8. The number of piperazine rings is 1. The summed E-state index contributed by atoms with van der Waals surface area (Å²) in [6.07, 6.45) is 1.59. The van der Waals surface area contributed by atoms with E-state index in [2.05, 4.69) is 27.3 Å². The van der Waals surface area contributed by atoms with Gasteiger partial charge in [0.05, 0.1) is 0 Å². The lowest BCUT2D eigenvalue weighted by Gasteiger charge is -2.40. The molecule has 1 N–H and O–H groups in total. The molecular weight excluding hydrogens is 316 g/mol. The first-order valence-electron chi connectivity index (χ1n) is 8.39. The Morgan fingerprint density at radius 1 is 1.12 bits per heavy atom. The number of carbonyl (C=O) groups is 2. The van der Waals surface area contributed by atoms with Crippen molar-refractivity contribution in [3.05, 3.63) is 66.0 Å². The maximum atomic E-state index is 12.8. The molecule has 1 aliphatic rings. The van der Waals surface area contributed by atoms with Gasteiger partial charge >= 0.3 is 0 Å². The molecule has 1 aliphatic heterocycles. The second kappa shape index (κ2) is 7.90. The molecule has 0 aliphatic carbocycles. The molecule has 1 atom stereocenters. The van der Waals surface area contributed by atoms with Crippen LogP contribution in [0.25, 0.3) is 0 Å². The molecule has 1 fully saturated rings. The quantitative estimate of drug-likeness (QED) is 0.908. The summed E-state index contributed by atoms with van der Waals surface area (Å²) in [7, 11) is 1.60. The molecule has 1 saturated heterocycles. The molecule has 1 unspecified atom stereocenters. The molecule has 0 radical (unpaired) electrons. The number of carbonyl (C=O) groups excluding carboxylic acids is 2. The predicted molar refractivity (Wildman–Crippen MR) is 94.8 cm³/mol. The van der Waals surface area contributed by atoms with E-state index in [1.807, 2.05) is 18.2 Å². The van der Waals surface area contributed by atoms with Gasteiger partial charge in [0.2, 0.25) is 5.91 Å². The SMILES string of the molecule is CNC(=O)C1CN(Cc2ccccc2)CCN1C(=O)c1ccccn1. The second-order valence-electron chi connectivity index (χ2n) is 6.06. The topological polar surface area (TPSA) is 65.5 Å². The van der Waals surface area contributed by atoms with Crippen molar-refractivity contribution in [2.24, 2.45) is 0 Å². The molecule has 0 spiro atoms. The molecule has 130 valence electrons. The number of hydrogen-bond acceptors (Lipinski definition) is 4. The van der Waals surface area contributed by atoms with Crippen molar-refractivity contribution in [2.75, 3.05) is 26.7 Å². The van der Waals surface area contributed by atoms with Gasteiger partial charge in [0, 0.05) is 39.4 Å². The molecule has 6 nitrogen and oxygen atoms in total. The molecule has 2 heterocycles. The number of likely N-dealkylation sites (N-methyl/N-ethyl adjacent to an activating group) is 1. The Morgan fingerprint density at radius 3 is 2.56 bits per heavy atom. The van der Waals surface area contributed by atoms with Gasteiger partial charge in [-0.05, 0) is 17.7 Å². The van der Waals surface area contributed by atoms with Crippen molar-refractivity contribution in [3.8, 4) is 0 Å². The number of pyridine rings is 1. The lowest BCUT2D eigenvalue weighted by molar-refractivity contribution is -0.127. The minimum Gasteiger partial charge on any atom is -0.357 e. The Bertz CT molecular complexity index is 721. The van der Waals surface area contributed by atoms with Crippen LogP contribution in [0.15, 0.2) is 54.7 Å². The van der Waals surface area contributed by atoms with Crippen molar-refractivity contribution in [3.63, 3.8) is 0 Å².